The van der Waals surface area contributed by atoms with Crippen molar-refractivity contribution in [2.75, 3.05) is 0 Å². The lowest BCUT2D eigenvalue weighted by molar-refractivity contribution is 1.27. The number of hydrogen-bond acceptors (Lipinski definition) is 4. The van der Waals surface area contributed by atoms with Crippen molar-refractivity contribution in [2.24, 2.45) is 0 Å². The molecular weight excluding hydrogens is 220 g/mol. The predicted octanol–water partition coefficient (Wildman–Crippen LogP) is 2.56. The van der Waals surface area contributed by atoms with Gasteiger partial charge in [0.05, 0.1) is 28.2 Å². The first-order chi connectivity index (χ1) is 7.86. The van der Waals surface area contributed by atoms with E-state index in [1.807, 2.05) is 11.4 Å². The Morgan fingerprint density at radius 1 is 1.38 bits per heavy atom. The lowest BCUT2D eigenvalue weighted by Gasteiger charge is -1.87. The molecule has 0 radical (unpaired) electrons. The van der Waals surface area contributed by atoms with Crippen LogP contribution in [0, 0.1) is 11.3 Å². The number of nitrogens with zero attached hydrogens (tertiary/aromatic N) is 3. The van der Waals surface area contributed by atoms with Crippen LogP contribution in [0.3, 0.4) is 0 Å². The van der Waals surface area contributed by atoms with E-state index in [1.54, 1.807) is 17.6 Å². The number of nitriles is 1. The normalized spacial score (nSPS) is 10.4. The lowest BCUT2D eigenvalue weighted by Crippen LogP contribution is -1.77. The summed E-state index contributed by atoms with van der Waals surface area (Å²) in [5, 5.41) is 10.7. The van der Waals surface area contributed by atoms with E-state index in [9.17, 15) is 0 Å². The van der Waals surface area contributed by atoms with Crippen molar-refractivity contribution in [1.29, 1.82) is 5.26 Å². The number of thiazole rings is 1. The molecule has 1 N–H and O–H groups in total. The summed E-state index contributed by atoms with van der Waals surface area (Å²) in [7, 11) is 0. The molecule has 0 unspecified atom stereocenters. The molecule has 5 heteroatoms. The van der Waals surface area contributed by atoms with Crippen LogP contribution in [0.1, 0.15) is 5.56 Å². The third-order valence-electron chi connectivity index (χ3n) is 2.29. The number of imidazole rings is 1. The first-order valence-corrected chi connectivity index (χ1v) is 5.59. The van der Waals surface area contributed by atoms with E-state index >= 15 is 0 Å². The summed E-state index contributed by atoms with van der Waals surface area (Å²) >= 11 is 1.53. The maximum Gasteiger partial charge on any atom is 0.158 e. The van der Waals surface area contributed by atoms with Gasteiger partial charge in [0, 0.05) is 5.38 Å². The second-order valence-electron chi connectivity index (χ2n) is 3.30. The zero-order chi connectivity index (χ0) is 11.0. The molecule has 76 valence electrons. The Morgan fingerprint density at radius 2 is 2.31 bits per heavy atom. The van der Waals surface area contributed by atoms with Gasteiger partial charge in [0.25, 0.3) is 0 Å². The minimum atomic E-state index is 0.626. The van der Waals surface area contributed by atoms with E-state index in [-0.39, 0.29) is 0 Å². The summed E-state index contributed by atoms with van der Waals surface area (Å²) in [6, 6.07) is 7.48. The van der Waals surface area contributed by atoms with E-state index < -0.39 is 0 Å². The third kappa shape index (κ3) is 1.36. The van der Waals surface area contributed by atoms with Crippen molar-refractivity contribution in [3.63, 3.8) is 0 Å². The highest BCUT2D eigenvalue weighted by Crippen LogP contribution is 2.20. The fourth-order valence-corrected chi connectivity index (χ4v) is 2.07. The van der Waals surface area contributed by atoms with Crippen LogP contribution in [-0.2, 0) is 0 Å². The van der Waals surface area contributed by atoms with Crippen LogP contribution in [0.2, 0.25) is 0 Å². The van der Waals surface area contributed by atoms with Crippen LogP contribution in [0.4, 0.5) is 0 Å². The molecule has 0 aliphatic heterocycles. The van der Waals surface area contributed by atoms with Crippen molar-refractivity contribution < 1.29 is 0 Å². The number of fused-ring (bicyclic) bond motifs is 1. The maximum atomic E-state index is 8.79. The fraction of sp³-hybridized carbons (Fsp3) is 0. The number of rotatable bonds is 1. The van der Waals surface area contributed by atoms with Crippen LogP contribution in [0.15, 0.2) is 29.1 Å². The molecule has 4 nitrogen and oxygen atoms in total. The minimum Gasteiger partial charge on any atom is -0.337 e. The zero-order valence-electron chi connectivity index (χ0n) is 8.14. The van der Waals surface area contributed by atoms with Gasteiger partial charge in [-0.1, -0.05) is 0 Å². The van der Waals surface area contributed by atoms with Crippen molar-refractivity contribution in [2.45, 2.75) is 0 Å². The second-order valence-corrected chi connectivity index (χ2v) is 4.02. The van der Waals surface area contributed by atoms with E-state index in [1.165, 1.54) is 11.3 Å². The van der Waals surface area contributed by atoms with Gasteiger partial charge in [-0.15, -0.1) is 11.3 Å². The van der Waals surface area contributed by atoms with Crippen LogP contribution >= 0.6 is 11.3 Å². The SMILES string of the molecule is N#Cc1ccc2nc(-c3cscn3)[nH]c2c1. The molecule has 0 aliphatic rings. The van der Waals surface area contributed by atoms with Crippen LogP contribution in [0.5, 0.6) is 0 Å². The van der Waals surface area contributed by atoms with Gasteiger partial charge in [-0.2, -0.15) is 5.26 Å². The topological polar surface area (TPSA) is 65.4 Å². The van der Waals surface area contributed by atoms with Gasteiger partial charge in [-0.25, -0.2) is 9.97 Å². The molecule has 0 saturated heterocycles. The summed E-state index contributed by atoms with van der Waals surface area (Å²) in [5.74, 6) is 0.742. The van der Waals surface area contributed by atoms with Crippen molar-refractivity contribution >= 4 is 22.4 Å². The highest BCUT2D eigenvalue weighted by atomic mass is 32.1. The Kier molecular flexibility index (Phi) is 1.95. The summed E-state index contributed by atoms with van der Waals surface area (Å²) in [5.41, 5.74) is 4.94. The maximum absolute atomic E-state index is 8.79. The predicted molar refractivity (Wildman–Crippen MR) is 61.9 cm³/mol. The first-order valence-electron chi connectivity index (χ1n) is 4.65. The molecule has 3 rings (SSSR count). The van der Waals surface area contributed by atoms with Crippen LogP contribution < -0.4 is 0 Å². The highest BCUT2D eigenvalue weighted by Gasteiger charge is 2.06. The van der Waals surface area contributed by atoms with E-state index in [0.717, 1.165) is 22.6 Å². The molecule has 16 heavy (non-hydrogen) atoms. The van der Waals surface area contributed by atoms with Gasteiger partial charge < -0.3 is 4.98 Å². The number of hydrogen-bond donors (Lipinski definition) is 1. The molecule has 0 atom stereocenters. The monoisotopic (exact) mass is 226 g/mol. The summed E-state index contributed by atoms with van der Waals surface area (Å²) in [6.07, 6.45) is 0. The standard InChI is InChI=1S/C11H6N4S/c12-4-7-1-2-8-9(3-7)15-11(14-8)10-5-16-6-13-10/h1-3,5-6H,(H,14,15). The highest BCUT2D eigenvalue weighted by molar-refractivity contribution is 7.07. The van der Waals surface area contributed by atoms with Gasteiger partial charge in [-0.3, -0.25) is 0 Å². The molecule has 0 fully saturated rings. The second kappa shape index (κ2) is 3.43. The van der Waals surface area contributed by atoms with E-state index in [2.05, 4.69) is 21.0 Å². The Balaban J connectivity index is 2.20. The summed E-state index contributed by atoms with van der Waals surface area (Å²) in [6.45, 7) is 0. The summed E-state index contributed by atoms with van der Waals surface area (Å²) in [4.78, 5) is 11.7. The Hall–Kier alpha value is -2.19. The summed E-state index contributed by atoms with van der Waals surface area (Å²) < 4.78 is 0. The minimum absolute atomic E-state index is 0.626. The number of benzene rings is 1. The average molecular weight is 226 g/mol. The molecule has 2 aromatic heterocycles. The Labute approximate surface area is 95.2 Å². The smallest absolute Gasteiger partial charge is 0.158 e. The van der Waals surface area contributed by atoms with E-state index in [0.29, 0.717) is 5.56 Å². The first kappa shape index (κ1) is 9.07. The van der Waals surface area contributed by atoms with Crippen molar-refractivity contribution in [3.05, 3.63) is 34.7 Å². The molecule has 0 bridgehead atoms. The van der Waals surface area contributed by atoms with Gasteiger partial charge in [0.2, 0.25) is 0 Å². The molecule has 0 amide bonds. The van der Waals surface area contributed by atoms with Gasteiger partial charge in [0.1, 0.15) is 5.69 Å². The van der Waals surface area contributed by atoms with E-state index in [4.69, 9.17) is 5.26 Å². The van der Waals surface area contributed by atoms with Gasteiger partial charge in [-0.05, 0) is 18.2 Å². The van der Waals surface area contributed by atoms with Gasteiger partial charge in [0.15, 0.2) is 5.82 Å². The van der Waals surface area contributed by atoms with Crippen molar-refractivity contribution in [3.8, 4) is 17.6 Å². The third-order valence-corrected chi connectivity index (χ3v) is 2.87. The molecular formula is C11H6N4S. The number of aromatic nitrogens is 3. The average Bonchev–Trinajstić information content (AvgIpc) is 2.96. The molecule has 2 heterocycles. The molecule has 0 saturated carbocycles. The zero-order valence-corrected chi connectivity index (χ0v) is 8.95. The number of nitrogens with one attached hydrogen (secondary N) is 1. The number of H-pyrrole nitrogens is 1. The van der Waals surface area contributed by atoms with Crippen molar-refractivity contribution in [1.82, 2.24) is 15.0 Å². The lowest BCUT2D eigenvalue weighted by atomic mass is 10.2. The number of aromatic amines is 1. The Bertz CT molecular complexity index is 676. The van der Waals surface area contributed by atoms with Crippen LogP contribution in [0.25, 0.3) is 22.6 Å². The quantitative estimate of drug-likeness (QED) is 0.693. The molecule has 3 aromatic rings. The molecule has 1 aromatic carbocycles. The molecule has 0 spiro atoms. The fourth-order valence-electron chi connectivity index (χ4n) is 1.53. The Morgan fingerprint density at radius 3 is 3.06 bits per heavy atom. The molecule has 0 aliphatic carbocycles. The van der Waals surface area contributed by atoms with Crippen LogP contribution in [-0.4, -0.2) is 15.0 Å². The largest absolute Gasteiger partial charge is 0.337 e. The van der Waals surface area contributed by atoms with Gasteiger partial charge >= 0.3 is 0 Å².